The van der Waals surface area contributed by atoms with Gasteiger partial charge in [-0.3, -0.25) is 14.4 Å². The quantitative estimate of drug-likeness (QED) is 0.667. The van der Waals surface area contributed by atoms with Crippen LogP contribution in [0.4, 0.5) is 5.69 Å². The van der Waals surface area contributed by atoms with Crippen molar-refractivity contribution < 1.29 is 14.4 Å². The van der Waals surface area contributed by atoms with E-state index in [0.717, 1.165) is 11.3 Å². The minimum absolute atomic E-state index is 0.0255. The number of amides is 3. The smallest absolute Gasteiger partial charge is 0.265 e. The van der Waals surface area contributed by atoms with Gasteiger partial charge in [0, 0.05) is 37.4 Å². The van der Waals surface area contributed by atoms with Gasteiger partial charge in [0.15, 0.2) is 0 Å². The number of hydrogen-bond donors (Lipinski definition) is 1. The van der Waals surface area contributed by atoms with Crippen molar-refractivity contribution in [2.75, 3.05) is 31.5 Å². The first-order valence-corrected chi connectivity index (χ1v) is 11.4. The van der Waals surface area contributed by atoms with Crippen LogP contribution in [0.25, 0.3) is 0 Å². The maximum Gasteiger partial charge on any atom is 0.265 e. The Bertz CT molecular complexity index is 1030. The molecule has 0 unspecified atom stereocenters. The summed E-state index contributed by atoms with van der Waals surface area (Å²) in [6.07, 6.45) is 0.734. The van der Waals surface area contributed by atoms with Crippen LogP contribution in [0, 0.1) is 0 Å². The van der Waals surface area contributed by atoms with Gasteiger partial charge in [-0.25, -0.2) is 0 Å². The maximum absolute atomic E-state index is 13.0. The number of benzene rings is 1. The SMILES string of the molecule is O=C(Nc1cccc(C(=O)N2CCCN(C(=O)c3cccs3)CC2)c1)c1cccs1. The zero-order valence-electron chi connectivity index (χ0n) is 16.2. The summed E-state index contributed by atoms with van der Waals surface area (Å²) >= 11 is 2.80. The van der Waals surface area contributed by atoms with Crippen molar-refractivity contribution >= 4 is 46.1 Å². The van der Waals surface area contributed by atoms with Crippen molar-refractivity contribution in [1.82, 2.24) is 9.80 Å². The molecule has 1 N–H and O–H groups in total. The highest BCUT2D eigenvalue weighted by molar-refractivity contribution is 7.12. The zero-order valence-corrected chi connectivity index (χ0v) is 17.9. The van der Waals surface area contributed by atoms with Gasteiger partial charge >= 0.3 is 0 Å². The fourth-order valence-electron chi connectivity index (χ4n) is 3.39. The summed E-state index contributed by atoms with van der Waals surface area (Å²) < 4.78 is 0. The van der Waals surface area contributed by atoms with Gasteiger partial charge in [0.05, 0.1) is 9.75 Å². The number of thiophene rings is 2. The lowest BCUT2D eigenvalue weighted by atomic mass is 10.1. The number of anilines is 1. The van der Waals surface area contributed by atoms with Gasteiger partial charge in [-0.15, -0.1) is 22.7 Å². The maximum atomic E-state index is 13.0. The molecule has 0 atom stereocenters. The molecule has 3 aromatic rings. The average Bonchev–Trinajstić information content (AvgIpc) is 3.44. The van der Waals surface area contributed by atoms with Crippen LogP contribution in [0.2, 0.25) is 0 Å². The predicted octanol–water partition coefficient (Wildman–Crippen LogP) is 4.05. The molecule has 1 aliphatic rings. The highest BCUT2D eigenvalue weighted by atomic mass is 32.1. The molecule has 3 heterocycles. The molecule has 0 saturated carbocycles. The van der Waals surface area contributed by atoms with E-state index in [1.807, 2.05) is 33.9 Å². The Kier molecular flexibility index (Phi) is 6.25. The lowest BCUT2D eigenvalue weighted by molar-refractivity contribution is 0.0721. The summed E-state index contributed by atoms with van der Waals surface area (Å²) in [6.45, 7) is 2.23. The number of carbonyl (C=O) groups excluding carboxylic acids is 3. The lowest BCUT2D eigenvalue weighted by Gasteiger charge is -2.22. The number of nitrogens with one attached hydrogen (secondary N) is 1. The molecule has 154 valence electrons. The van der Waals surface area contributed by atoms with Gasteiger partial charge < -0.3 is 15.1 Å². The largest absolute Gasteiger partial charge is 0.337 e. The molecule has 1 saturated heterocycles. The van der Waals surface area contributed by atoms with Gasteiger partial charge in [-0.1, -0.05) is 18.2 Å². The van der Waals surface area contributed by atoms with Crippen molar-refractivity contribution in [3.8, 4) is 0 Å². The molecule has 3 amide bonds. The third-order valence-electron chi connectivity index (χ3n) is 4.91. The predicted molar refractivity (Wildman–Crippen MR) is 119 cm³/mol. The Morgan fingerprint density at radius 2 is 1.43 bits per heavy atom. The molecular weight excluding hydrogens is 418 g/mol. The summed E-state index contributed by atoms with van der Waals surface area (Å²) in [6, 6.07) is 14.3. The Morgan fingerprint density at radius 1 is 0.767 bits per heavy atom. The van der Waals surface area contributed by atoms with E-state index in [4.69, 9.17) is 0 Å². The van der Waals surface area contributed by atoms with Crippen molar-refractivity contribution in [2.45, 2.75) is 6.42 Å². The van der Waals surface area contributed by atoms with Crippen LogP contribution in [0.1, 0.15) is 36.1 Å². The Balaban J connectivity index is 1.40. The van der Waals surface area contributed by atoms with Crippen LogP contribution in [0.5, 0.6) is 0 Å². The topological polar surface area (TPSA) is 69.7 Å². The molecule has 4 rings (SSSR count). The minimum Gasteiger partial charge on any atom is -0.337 e. The number of rotatable bonds is 4. The Morgan fingerprint density at radius 3 is 2.10 bits per heavy atom. The van der Waals surface area contributed by atoms with E-state index >= 15 is 0 Å². The molecule has 6 nitrogen and oxygen atoms in total. The Labute approximate surface area is 182 Å². The van der Waals surface area contributed by atoms with Crippen LogP contribution < -0.4 is 5.32 Å². The minimum atomic E-state index is -0.188. The van der Waals surface area contributed by atoms with E-state index in [1.165, 1.54) is 22.7 Å². The average molecular weight is 440 g/mol. The van der Waals surface area contributed by atoms with Crippen molar-refractivity contribution in [2.24, 2.45) is 0 Å². The molecule has 1 fully saturated rings. The molecular formula is C22H21N3O3S2. The second-order valence-electron chi connectivity index (χ2n) is 6.93. The van der Waals surface area contributed by atoms with Crippen LogP contribution in [-0.4, -0.2) is 53.7 Å². The molecule has 0 radical (unpaired) electrons. The normalized spacial score (nSPS) is 14.3. The van der Waals surface area contributed by atoms with E-state index in [2.05, 4.69) is 5.32 Å². The third-order valence-corrected chi connectivity index (χ3v) is 6.64. The zero-order chi connectivity index (χ0) is 20.9. The molecule has 1 aliphatic heterocycles. The fraction of sp³-hybridized carbons (Fsp3) is 0.227. The van der Waals surface area contributed by atoms with E-state index in [-0.39, 0.29) is 17.7 Å². The summed E-state index contributed by atoms with van der Waals surface area (Å²) in [7, 11) is 0. The van der Waals surface area contributed by atoms with Crippen LogP contribution >= 0.6 is 22.7 Å². The first-order chi connectivity index (χ1) is 14.6. The van der Waals surface area contributed by atoms with Gasteiger partial charge in [0.25, 0.3) is 17.7 Å². The molecule has 1 aromatic carbocycles. The van der Waals surface area contributed by atoms with Crippen molar-refractivity contribution in [3.05, 3.63) is 74.6 Å². The van der Waals surface area contributed by atoms with Gasteiger partial charge in [-0.05, 0) is 47.5 Å². The van der Waals surface area contributed by atoms with Crippen LogP contribution in [0.3, 0.4) is 0 Å². The monoisotopic (exact) mass is 439 g/mol. The van der Waals surface area contributed by atoms with Gasteiger partial charge in [-0.2, -0.15) is 0 Å². The molecule has 0 spiro atoms. The van der Waals surface area contributed by atoms with Gasteiger partial charge in [0.1, 0.15) is 0 Å². The van der Waals surface area contributed by atoms with E-state index < -0.39 is 0 Å². The second-order valence-corrected chi connectivity index (χ2v) is 8.82. The summed E-state index contributed by atoms with van der Waals surface area (Å²) in [4.78, 5) is 42.8. The highest BCUT2D eigenvalue weighted by Crippen LogP contribution is 2.18. The Hall–Kier alpha value is -2.97. The van der Waals surface area contributed by atoms with Crippen LogP contribution in [0.15, 0.2) is 59.3 Å². The number of nitrogens with zero attached hydrogens (tertiary/aromatic N) is 2. The molecule has 8 heteroatoms. The van der Waals surface area contributed by atoms with Gasteiger partial charge in [0.2, 0.25) is 0 Å². The molecule has 0 aliphatic carbocycles. The fourth-order valence-corrected chi connectivity index (χ4v) is 4.70. The first kappa shape index (κ1) is 20.3. The highest BCUT2D eigenvalue weighted by Gasteiger charge is 2.24. The first-order valence-electron chi connectivity index (χ1n) is 9.69. The lowest BCUT2D eigenvalue weighted by Crippen LogP contribution is -2.37. The standard InChI is InChI=1S/C22H21N3O3S2/c26-20(18-7-2-13-29-18)23-17-6-1-5-16(15-17)21(27)24-9-4-10-25(12-11-24)22(28)19-8-3-14-30-19/h1-3,5-8,13-15H,4,9-12H2,(H,23,26). The number of hydrogen-bond acceptors (Lipinski definition) is 5. The summed E-state index contributed by atoms with van der Waals surface area (Å²) in [5.41, 5.74) is 1.11. The van der Waals surface area contributed by atoms with Crippen molar-refractivity contribution in [3.63, 3.8) is 0 Å². The van der Waals surface area contributed by atoms with E-state index in [9.17, 15) is 14.4 Å². The second kappa shape index (κ2) is 9.23. The molecule has 0 bridgehead atoms. The van der Waals surface area contributed by atoms with E-state index in [0.29, 0.717) is 42.3 Å². The summed E-state index contributed by atoms with van der Waals surface area (Å²) in [5.74, 6) is -0.252. The summed E-state index contributed by atoms with van der Waals surface area (Å²) in [5, 5.41) is 6.58. The number of carbonyl (C=O) groups is 3. The van der Waals surface area contributed by atoms with E-state index in [1.54, 1.807) is 35.2 Å². The van der Waals surface area contributed by atoms with Crippen LogP contribution in [-0.2, 0) is 0 Å². The third kappa shape index (κ3) is 4.60. The molecule has 2 aromatic heterocycles. The van der Waals surface area contributed by atoms with Crippen molar-refractivity contribution in [1.29, 1.82) is 0 Å². The molecule has 30 heavy (non-hydrogen) atoms.